The number of likely N-dealkylation sites (tertiary alicyclic amines) is 1. The number of amides is 3. The van der Waals surface area contributed by atoms with Crippen molar-refractivity contribution in [3.8, 4) is 0 Å². The molecule has 1 aromatic rings. The van der Waals surface area contributed by atoms with Crippen LogP contribution in [0.25, 0.3) is 0 Å². The van der Waals surface area contributed by atoms with Crippen molar-refractivity contribution in [2.75, 3.05) is 51.6 Å². The Morgan fingerprint density at radius 2 is 1.54 bits per heavy atom. The van der Waals surface area contributed by atoms with Crippen molar-refractivity contribution in [3.05, 3.63) is 29.2 Å². The predicted octanol–water partition coefficient (Wildman–Crippen LogP) is 2.65. The van der Waals surface area contributed by atoms with Gasteiger partial charge in [0.2, 0.25) is 22.5 Å². The quantitative estimate of drug-likeness (QED) is 0.533. The molecule has 4 heterocycles. The second-order valence-corrected chi connectivity index (χ2v) is 13.3. The van der Waals surface area contributed by atoms with Crippen LogP contribution < -0.4 is 10.6 Å². The number of anilines is 1. The van der Waals surface area contributed by atoms with Gasteiger partial charge in [0.25, 0.3) is 0 Å². The zero-order valence-corrected chi connectivity index (χ0v) is 23.6. The summed E-state index contributed by atoms with van der Waals surface area (Å²) in [5, 5.41) is 6.97. The molecule has 4 fully saturated rings. The Morgan fingerprint density at radius 3 is 2.18 bits per heavy atom. The molecule has 3 unspecified atom stereocenters. The topological polar surface area (TPSA) is 122 Å². The van der Waals surface area contributed by atoms with Gasteiger partial charge in [0, 0.05) is 38.9 Å². The van der Waals surface area contributed by atoms with E-state index in [9.17, 15) is 22.9 Å². The predicted molar refractivity (Wildman–Crippen MR) is 146 cm³/mol. The van der Waals surface area contributed by atoms with Gasteiger partial charge < -0.3 is 15.5 Å². The minimum absolute atomic E-state index is 0.0549. The van der Waals surface area contributed by atoms with Crippen LogP contribution in [0.15, 0.2) is 29.2 Å². The highest BCUT2D eigenvalue weighted by Crippen LogP contribution is 2.40. The summed E-state index contributed by atoms with van der Waals surface area (Å²) in [4.78, 5) is 40.9. The number of fused-ring (bicyclic) bond motifs is 1. The Morgan fingerprint density at radius 1 is 0.897 bits per heavy atom. The van der Waals surface area contributed by atoms with Gasteiger partial charge in [0.1, 0.15) is 16.8 Å². The Labute approximate surface area is 230 Å². The molecule has 0 aromatic heterocycles. The molecular weight excluding hydrogens is 520 g/mol. The van der Waals surface area contributed by atoms with Gasteiger partial charge in [-0.05, 0) is 74.6 Å². The Bertz CT molecular complexity index is 1160. The lowest BCUT2D eigenvalue weighted by molar-refractivity contribution is -0.692. The zero-order chi connectivity index (χ0) is 27.6. The first-order valence-corrected chi connectivity index (χ1v) is 15.8. The summed E-state index contributed by atoms with van der Waals surface area (Å²) in [6, 6.07) is 5.81. The SMILES string of the molecule is CNC(=O)Nc1ccc(S(=O)(=O)N2CCC(C3CCN4C(C3)C(C(=O)N3CCCCCC3)C[N+]4=O)CC2)cc1. The first-order valence-electron chi connectivity index (χ1n) is 14.4. The molecule has 4 aliphatic rings. The van der Waals surface area contributed by atoms with Gasteiger partial charge in [-0.2, -0.15) is 4.31 Å². The molecule has 4 saturated heterocycles. The van der Waals surface area contributed by atoms with Gasteiger partial charge in [-0.3, -0.25) is 4.79 Å². The van der Waals surface area contributed by atoms with Gasteiger partial charge in [-0.15, -0.1) is 5.01 Å². The minimum Gasteiger partial charge on any atom is -0.342 e. The molecular formula is C27H41N6O5S+. The molecule has 39 heavy (non-hydrogen) atoms. The number of carbonyl (C=O) groups excluding carboxylic acids is 2. The van der Waals surface area contributed by atoms with Crippen LogP contribution in [-0.4, -0.2) is 91.8 Å². The van der Waals surface area contributed by atoms with E-state index >= 15 is 0 Å². The summed E-state index contributed by atoms with van der Waals surface area (Å²) >= 11 is 0. The zero-order valence-electron chi connectivity index (χ0n) is 22.8. The maximum atomic E-state index is 13.5. The number of hydrazine groups is 1. The summed E-state index contributed by atoms with van der Waals surface area (Å²) < 4.78 is 28.1. The third-order valence-electron chi connectivity index (χ3n) is 9.14. The van der Waals surface area contributed by atoms with Crippen molar-refractivity contribution in [2.24, 2.45) is 17.8 Å². The van der Waals surface area contributed by atoms with E-state index in [1.54, 1.807) is 16.4 Å². The molecule has 0 radical (unpaired) electrons. The smallest absolute Gasteiger partial charge is 0.318 e. The Hall–Kier alpha value is -2.73. The molecule has 4 aliphatic heterocycles. The normalized spacial score (nSPS) is 27.1. The summed E-state index contributed by atoms with van der Waals surface area (Å²) in [6.07, 6.45) is 7.67. The van der Waals surface area contributed by atoms with E-state index in [4.69, 9.17) is 0 Å². The van der Waals surface area contributed by atoms with Gasteiger partial charge in [-0.25, -0.2) is 13.2 Å². The average Bonchev–Trinajstić information content (AvgIpc) is 3.10. The summed E-state index contributed by atoms with van der Waals surface area (Å²) in [6.45, 7) is 3.42. The number of hydrogen-bond donors (Lipinski definition) is 2. The number of sulfonamides is 1. The molecule has 0 bridgehead atoms. The number of urea groups is 1. The molecule has 12 heteroatoms. The molecule has 214 valence electrons. The van der Waals surface area contributed by atoms with E-state index in [2.05, 4.69) is 10.6 Å². The first kappa shape index (κ1) is 27.8. The molecule has 2 N–H and O–H groups in total. The van der Waals surface area contributed by atoms with Gasteiger partial charge >= 0.3 is 6.03 Å². The summed E-state index contributed by atoms with van der Waals surface area (Å²) in [5.74, 6) is 0.637. The Kier molecular flexibility index (Phi) is 8.41. The van der Waals surface area contributed by atoms with Gasteiger partial charge in [-0.1, -0.05) is 12.8 Å². The number of benzene rings is 1. The fourth-order valence-electron chi connectivity index (χ4n) is 6.89. The fraction of sp³-hybridized carbons (Fsp3) is 0.704. The third-order valence-corrected chi connectivity index (χ3v) is 11.1. The van der Waals surface area contributed by atoms with Crippen LogP contribution >= 0.6 is 0 Å². The van der Waals surface area contributed by atoms with E-state index in [0.29, 0.717) is 37.2 Å². The fourth-order valence-corrected chi connectivity index (χ4v) is 8.36. The van der Waals surface area contributed by atoms with Crippen LogP contribution in [0.1, 0.15) is 51.4 Å². The first-order chi connectivity index (χ1) is 18.8. The maximum Gasteiger partial charge on any atom is 0.318 e. The molecule has 1 aromatic carbocycles. The van der Waals surface area contributed by atoms with Crippen LogP contribution in [0.2, 0.25) is 0 Å². The Balaban J connectivity index is 1.19. The van der Waals surface area contributed by atoms with E-state index in [1.165, 1.54) is 19.2 Å². The number of hydrogen-bond acceptors (Lipinski definition) is 5. The number of nitrogens with one attached hydrogen (secondary N) is 2. The number of nitrogens with zero attached hydrogens (tertiary/aromatic N) is 4. The van der Waals surface area contributed by atoms with E-state index < -0.39 is 10.0 Å². The lowest BCUT2D eigenvalue weighted by Gasteiger charge is -2.40. The molecule has 11 nitrogen and oxygen atoms in total. The van der Waals surface area contributed by atoms with E-state index in [-0.39, 0.29) is 35.3 Å². The van der Waals surface area contributed by atoms with Crippen molar-refractivity contribution in [1.29, 1.82) is 0 Å². The van der Waals surface area contributed by atoms with Crippen molar-refractivity contribution in [2.45, 2.75) is 62.3 Å². The lowest BCUT2D eigenvalue weighted by Crippen LogP contribution is -2.49. The van der Waals surface area contributed by atoms with Crippen molar-refractivity contribution < 1.29 is 22.9 Å². The largest absolute Gasteiger partial charge is 0.342 e. The number of carbonyl (C=O) groups is 2. The molecule has 3 amide bonds. The van der Waals surface area contributed by atoms with Crippen LogP contribution in [0.3, 0.4) is 0 Å². The molecule has 5 rings (SSSR count). The maximum absolute atomic E-state index is 13.5. The monoisotopic (exact) mass is 561 g/mol. The summed E-state index contributed by atoms with van der Waals surface area (Å²) in [5.41, 5.74) is 0.523. The molecule has 0 saturated carbocycles. The van der Waals surface area contributed by atoms with Gasteiger partial charge in [0.15, 0.2) is 0 Å². The van der Waals surface area contributed by atoms with Crippen molar-refractivity contribution >= 4 is 27.6 Å². The third kappa shape index (κ3) is 5.91. The number of piperidine rings is 2. The minimum atomic E-state index is -3.63. The molecule has 0 aliphatic carbocycles. The number of nitroso groups, excluding NO2 is 1. The highest BCUT2D eigenvalue weighted by atomic mass is 32.2. The number of rotatable bonds is 5. The molecule has 0 spiro atoms. The second kappa shape index (κ2) is 11.8. The molecule has 3 atom stereocenters. The lowest BCUT2D eigenvalue weighted by atomic mass is 9.75. The van der Waals surface area contributed by atoms with Crippen LogP contribution in [0.5, 0.6) is 0 Å². The van der Waals surface area contributed by atoms with E-state index in [0.717, 1.165) is 69.3 Å². The highest BCUT2D eigenvalue weighted by molar-refractivity contribution is 7.89. The highest BCUT2D eigenvalue weighted by Gasteiger charge is 2.54. The average molecular weight is 562 g/mol. The van der Waals surface area contributed by atoms with Crippen molar-refractivity contribution in [1.82, 2.24) is 19.5 Å². The van der Waals surface area contributed by atoms with Crippen LogP contribution in [0.4, 0.5) is 10.5 Å². The summed E-state index contributed by atoms with van der Waals surface area (Å²) in [7, 11) is -2.11. The van der Waals surface area contributed by atoms with E-state index in [1.807, 2.05) is 9.91 Å². The second-order valence-electron chi connectivity index (χ2n) is 11.4. The van der Waals surface area contributed by atoms with Crippen molar-refractivity contribution in [3.63, 3.8) is 0 Å². The standard InChI is InChI=1S/C27H40N6O5S/c1-28-27(35)29-22-6-8-23(9-7-22)39(37,38)31-15-10-20(11-16-31)21-12-17-32-25(18-21)24(19-33(32)36)26(34)30-13-4-2-3-5-14-30/h6-9,20-21,24-25H,2-5,10-19H2,1H3,(H-,28,29,35)/p+1. The van der Waals surface area contributed by atoms with Crippen LogP contribution in [0, 0.1) is 22.7 Å². The van der Waals surface area contributed by atoms with Gasteiger partial charge in [0.05, 0.1) is 16.3 Å². The van der Waals surface area contributed by atoms with Crippen LogP contribution in [-0.2, 0) is 14.8 Å².